The summed E-state index contributed by atoms with van der Waals surface area (Å²) in [5.74, 6) is -0.487. The number of ether oxygens (including phenoxy) is 1. The van der Waals surface area contributed by atoms with Crippen molar-refractivity contribution in [1.82, 2.24) is 4.90 Å². The van der Waals surface area contributed by atoms with Crippen molar-refractivity contribution < 1.29 is 18.7 Å². The van der Waals surface area contributed by atoms with Crippen molar-refractivity contribution in [2.24, 2.45) is 5.73 Å². The van der Waals surface area contributed by atoms with Crippen LogP contribution in [-0.2, 0) is 4.74 Å². The zero-order chi connectivity index (χ0) is 14.3. The molecule has 0 unspecified atom stereocenters. The van der Waals surface area contributed by atoms with Crippen LogP contribution in [0.2, 0.25) is 0 Å². The fraction of sp³-hybridized carbons (Fsp3) is 0.333. The third-order valence-electron chi connectivity index (χ3n) is 2.16. The van der Waals surface area contributed by atoms with E-state index in [1.54, 1.807) is 6.92 Å². The molecule has 1 rings (SSSR count). The van der Waals surface area contributed by atoms with Gasteiger partial charge in [-0.2, -0.15) is 0 Å². The molecule has 1 aromatic carbocycles. The maximum absolute atomic E-state index is 13.0. The van der Waals surface area contributed by atoms with Gasteiger partial charge in [0.25, 0.3) is 0 Å². The molecule has 0 aliphatic rings. The maximum Gasteiger partial charge on any atom is 0.418 e. The summed E-state index contributed by atoms with van der Waals surface area (Å²) >= 11 is 0. The lowest BCUT2D eigenvalue weighted by Crippen LogP contribution is -2.43. The van der Waals surface area contributed by atoms with Crippen LogP contribution in [0.5, 0.6) is 0 Å². The van der Waals surface area contributed by atoms with Gasteiger partial charge in [0, 0.05) is 18.8 Å². The second-order valence-electron chi connectivity index (χ2n) is 3.58. The molecule has 7 heteroatoms. The highest BCUT2D eigenvalue weighted by atomic mass is 19.1. The van der Waals surface area contributed by atoms with Gasteiger partial charge in [-0.1, -0.05) is 6.07 Å². The molecule has 1 aromatic rings. The molecule has 0 aromatic heterocycles. The van der Waals surface area contributed by atoms with E-state index in [9.17, 15) is 14.0 Å². The van der Waals surface area contributed by atoms with Crippen LogP contribution >= 0.6 is 0 Å². The van der Waals surface area contributed by atoms with Crippen LogP contribution in [0.4, 0.5) is 19.7 Å². The lowest BCUT2D eigenvalue weighted by Gasteiger charge is -2.19. The van der Waals surface area contributed by atoms with Gasteiger partial charge in [0.05, 0.1) is 6.61 Å². The van der Waals surface area contributed by atoms with Crippen molar-refractivity contribution in [2.75, 3.05) is 25.0 Å². The number of imide groups is 1. The van der Waals surface area contributed by atoms with Crippen LogP contribution in [0, 0.1) is 5.82 Å². The van der Waals surface area contributed by atoms with Gasteiger partial charge in [0.2, 0.25) is 0 Å². The Balaban J connectivity index is 2.74. The molecule has 0 saturated heterocycles. The van der Waals surface area contributed by atoms with Crippen molar-refractivity contribution in [3.05, 3.63) is 30.1 Å². The Morgan fingerprint density at radius 3 is 2.79 bits per heavy atom. The second kappa shape index (κ2) is 7.32. The van der Waals surface area contributed by atoms with E-state index >= 15 is 0 Å². The van der Waals surface area contributed by atoms with Gasteiger partial charge in [-0.3, -0.25) is 0 Å². The van der Waals surface area contributed by atoms with Crippen molar-refractivity contribution in [3.8, 4) is 0 Å². The molecule has 0 atom stereocenters. The van der Waals surface area contributed by atoms with Crippen molar-refractivity contribution >= 4 is 17.8 Å². The molecule has 0 aliphatic carbocycles. The Kier molecular flexibility index (Phi) is 5.74. The molecule has 3 amide bonds. The first-order valence-electron chi connectivity index (χ1n) is 5.79. The van der Waals surface area contributed by atoms with E-state index in [0.717, 1.165) is 11.0 Å². The molecule has 0 bridgehead atoms. The SMILES string of the molecule is CCOC(=O)N(CCN)C(=O)Nc1cccc(F)c1. The Labute approximate surface area is 110 Å². The van der Waals surface area contributed by atoms with Crippen LogP contribution in [0.1, 0.15) is 6.92 Å². The number of nitrogens with one attached hydrogen (secondary N) is 1. The number of amides is 3. The number of hydrogen-bond donors (Lipinski definition) is 2. The summed E-state index contributed by atoms with van der Waals surface area (Å²) in [4.78, 5) is 24.2. The fourth-order valence-electron chi connectivity index (χ4n) is 1.36. The normalized spacial score (nSPS) is 9.84. The quantitative estimate of drug-likeness (QED) is 0.872. The Bertz CT molecular complexity index is 454. The predicted octanol–water partition coefficient (Wildman–Crippen LogP) is 1.77. The lowest BCUT2D eigenvalue weighted by atomic mass is 10.3. The van der Waals surface area contributed by atoms with Crippen molar-refractivity contribution in [2.45, 2.75) is 6.92 Å². The van der Waals surface area contributed by atoms with Gasteiger partial charge in [-0.15, -0.1) is 0 Å². The standard InChI is InChI=1S/C12H16FN3O3/c1-2-19-12(18)16(7-6-14)11(17)15-10-5-3-4-9(13)8-10/h3-5,8H,2,6-7,14H2,1H3,(H,15,17). The van der Waals surface area contributed by atoms with E-state index < -0.39 is 17.9 Å². The molecule has 19 heavy (non-hydrogen) atoms. The highest BCUT2D eigenvalue weighted by molar-refractivity contribution is 5.99. The number of hydrogen-bond acceptors (Lipinski definition) is 4. The Morgan fingerprint density at radius 1 is 1.47 bits per heavy atom. The number of rotatable bonds is 4. The van der Waals surface area contributed by atoms with E-state index in [2.05, 4.69) is 5.32 Å². The van der Waals surface area contributed by atoms with Crippen LogP contribution in [0.25, 0.3) is 0 Å². The fourth-order valence-corrected chi connectivity index (χ4v) is 1.36. The minimum atomic E-state index is -0.790. The molecule has 0 heterocycles. The first kappa shape index (κ1) is 14.9. The summed E-state index contributed by atoms with van der Waals surface area (Å²) in [7, 11) is 0. The van der Waals surface area contributed by atoms with Gasteiger partial charge in [0.1, 0.15) is 5.82 Å². The largest absolute Gasteiger partial charge is 0.449 e. The van der Waals surface area contributed by atoms with E-state index in [1.165, 1.54) is 18.2 Å². The van der Waals surface area contributed by atoms with Gasteiger partial charge >= 0.3 is 12.1 Å². The van der Waals surface area contributed by atoms with Gasteiger partial charge in [-0.25, -0.2) is 18.9 Å². The lowest BCUT2D eigenvalue weighted by molar-refractivity contribution is 0.118. The molecule has 0 saturated carbocycles. The summed E-state index contributed by atoms with van der Waals surface area (Å²) in [5.41, 5.74) is 5.58. The van der Waals surface area contributed by atoms with Gasteiger partial charge in [-0.05, 0) is 25.1 Å². The molecule has 104 valence electrons. The smallest absolute Gasteiger partial charge is 0.418 e. The molecule has 6 nitrogen and oxygen atoms in total. The highest BCUT2D eigenvalue weighted by Gasteiger charge is 2.21. The minimum absolute atomic E-state index is 0.0139. The van der Waals surface area contributed by atoms with Crippen LogP contribution < -0.4 is 11.1 Å². The topological polar surface area (TPSA) is 84.7 Å². The number of nitrogens with two attached hydrogens (primary N) is 1. The molecular formula is C12H16FN3O3. The molecule has 0 fully saturated rings. The summed E-state index contributed by atoms with van der Waals surface area (Å²) in [6.45, 7) is 1.89. The average molecular weight is 269 g/mol. The summed E-state index contributed by atoms with van der Waals surface area (Å²) in [5, 5.41) is 2.40. The number of urea groups is 1. The summed E-state index contributed by atoms with van der Waals surface area (Å²) in [6.07, 6.45) is -0.790. The Morgan fingerprint density at radius 2 is 2.21 bits per heavy atom. The first-order valence-corrected chi connectivity index (χ1v) is 5.79. The van der Waals surface area contributed by atoms with E-state index in [4.69, 9.17) is 10.5 Å². The zero-order valence-corrected chi connectivity index (χ0v) is 10.6. The highest BCUT2D eigenvalue weighted by Crippen LogP contribution is 2.10. The predicted molar refractivity (Wildman–Crippen MR) is 68.2 cm³/mol. The van der Waals surface area contributed by atoms with E-state index in [-0.39, 0.29) is 25.4 Å². The number of halogens is 1. The molecular weight excluding hydrogens is 253 g/mol. The zero-order valence-electron chi connectivity index (χ0n) is 10.6. The molecule has 0 aliphatic heterocycles. The molecule has 0 spiro atoms. The van der Waals surface area contributed by atoms with Crippen LogP contribution in [-0.4, -0.2) is 36.7 Å². The Hall–Kier alpha value is -2.15. The molecule has 0 radical (unpaired) electrons. The number of benzene rings is 1. The van der Waals surface area contributed by atoms with Gasteiger partial charge in [0.15, 0.2) is 0 Å². The van der Waals surface area contributed by atoms with Crippen molar-refractivity contribution in [1.29, 1.82) is 0 Å². The number of carbonyl (C=O) groups is 2. The van der Waals surface area contributed by atoms with Crippen LogP contribution in [0.3, 0.4) is 0 Å². The summed E-state index contributed by atoms with van der Waals surface area (Å²) in [6, 6.07) is 4.63. The summed E-state index contributed by atoms with van der Waals surface area (Å²) < 4.78 is 17.7. The monoisotopic (exact) mass is 269 g/mol. The minimum Gasteiger partial charge on any atom is -0.449 e. The van der Waals surface area contributed by atoms with Crippen LogP contribution in [0.15, 0.2) is 24.3 Å². The van der Waals surface area contributed by atoms with Crippen molar-refractivity contribution in [3.63, 3.8) is 0 Å². The average Bonchev–Trinajstić information content (AvgIpc) is 2.36. The first-order chi connectivity index (χ1) is 9.08. The van der Waals surface area contributed by atoms with E-state index in [0.29, 0.717) is 0 Å². The van der Waals surface area contributed by atoms with E-state index in [1.807, 2.05) is 0 Å². The number of carbonyl (C=O) groups excluding carboxylic acids is 2. The number of nitrogens with zero attached hydrogens (tertiary/aromatic N) is 1. The van der Waals surface area contributed by atoms with Gasteiger partial charge < -0.3 is 15.8 Å². The third kappa shape index (κ3) is 4.55. The second-order valence-corrected chi connectivity index (χ2v) is 3.58. The molecule has 3 N–H and O–H groups in total. The number of anilines is 1. The maximum atomic E-state index is 13.0. The third-order valence-corrected chi connectivity index (χ3v) is 2.16.